The minimum absolute atomic E-state index is 0.0798. The van der Waals surface area contributed by atoms with Crippen molar-refractivity contribution >= 4 is 23.1 Å². The standard InChI is InChI=1S/C9H8N4O2S/c10-7-5-6(1-2-8(7)13(14)15)16-9-11-3-4-12-9/h1-5H,10H2,(H,11,12). The lowest BCUT2D eigenvalue weighted by Crippen LogP contribution is -1.95. The minimum atomic E-state index is -0.503. The normalized spacial score (nSPS) is 10.2. The van der Waals surface area contributed by atoms with Gasteiger partial charge < -0.3 is 10.7 Å². The fourth-order valence-electron chi connectivity index (χ4n) is 1.18. The highest BCUT2D eigenvalue weighted by Crippen LogP contribution is 2.30. The molecule has 0 saturated carbocycles. The highest BCUT2D eigenvalue weighted by Gasteiger charge is 2.11. The number of rotatable bonds is 3. The average molecular weight is 236 g/mol. The number of hydrogen-bond donors (Lipinski definition) is 2. The van der Waals surface area contributed by atoms with E-state index in [-0.39, 0.29) is 11.4 Å². The third-order valence-corrected chi connectivity index (χ3v) is 2.79. The summed E-state index contributed by atoms with van der Waals surface area (Å²) in [5.41, 5.74) is 5.64. The molecule has 0 aliphatic carbocycles. The predicted octanol–water partition coefficient (Wildman–Crippen LogP) is 2.05. The first-order valence-corrected chi connectivity index (χ1v) is 5.19. The molecule has 2 aromatic rings. The molecule has 0 amide bonds. The molecule has 0 spiro atoms. The average Bonchev–Trinajstić information content (AvgIpc) is 2.70. The number of benzene rings is 1. The van der Waals surface area contributed by atoms with Gasteiger partial charge in [-0.1, -0.05) is 11.8 Å². The van der Waals surface area contributed by atoms with Crippen molar-refractivity contribution in [2.75, 3.05) is 5.73 Å². The van der Waals surface area contributed by atoms with E-state index in [2.05, 4.69) is 9.97 Å². The van der Waals surface area contributed by atoms with Crippen LogP contribution in [0.4, 0.5) is 11.4 Å². The summed E-state index contributed by atoms with van der Waals surface area (Å²) in [5.74, 6) is 0. The topological polar surface area (TPSA) is 97.8 Å². The highest BCUT2D eigenvalue weighted by atomic mass is 32.2. The van der Waals surface area contributed by atoms with Crippen LogP contribution in [-0.2, 0) is 0 Å². The third kappa shape index (κ3) is 2.14. The molecule has 16 heavy (non-hydrogen) atoms. The maximum absolute atomic E-state index is 10.6. The summed E-state index contributed by atoms with van der Waals surface area (Å²) in [4.78, 5) is 17.8. The van der Waals surface area contributed by atoms with Gasteiger partial charge in [-0.15, -0.1) is 0 Å². The van der Waals surface area contributed by atoms with Crippen LogP contribution in [0.3, 0.4) is 0 Å². The van der Waals surface area contributed by atoms with E-state index in [1.54, 1.807) is 24.5 Å². The second-order valence-corrected chi connectivity index (χ2v) is 4.04. The quantitative estimate of drug-likeness (QED) is 0.483. The molecule has 7 heteroatoms. The molecule has 0 radical (unpaired) electrons. The van der Waals surface area contributed by atoms with Crippen LogP contribution in [0, 0.1) is 10.1 Å². The zero-order chi connectivity index (χ0) is 11.5. The Morgan fingerprint density at radius 3 is 2.88 bits per heavy atom. The Kier molecular flexibility index (Phi) is 2.78. The molecule has 0 aliphatic heterocycles. The van der Waals surface area contributed by atoms with Gasteiger partial charge >= 0.3 is 0 Å². The molecule has 1 aromatic carbocycles. The van der Waals surface area contributed by atoms with Gasteiger partial charge in [0.15, 0.2) is 5.16 Å². The fourth-order valence-corrected chi connectivity index (χ4v) is 1.97. The Hall–Kier alpha value is -2.02. The number of nitro groups is 1. The lowest BCUT2D eigenvalue weighted by Gasteiger charge is -2.00. The van der Waals surface area contributed by atoms with Crippen molar-refractivity contribution in [2.45, 2.75) is 10.1 Å². The van der Waals surface area contributed by atoms with Crippen molar-refractivity contribution in [1.82, 2.24) is 9.97 Å². The molecule has 82 valence electrons. The first kappa shape index (κ1) is 10.5. The predicted molar refractivity (Wildman–Crippen MR) is 60.2 cm³/mol. The minimum Gasteiger partial charge on any atom is -0.393 e. The molecule has 1 aromatic heterocycles. The molecule has 0 fully saturated rings. The summed E-state index contributed by atoms with van der Waals surface area (Å²) in [6, 6.07) is 4.59. The number of hydrogen-bond acceptors (Lipinski definition) is 5. The van der Waals surface area contributed by atoms with Crippen LogP contribution in [-0.4, -0.2) is 14.9 Å². The van der Waals surface area contributed by atoms with Gasteiger partial charge in [-0.25, -0.2) is 4.98 Å². The molecule has 0 saturated heterocycles. The number of aromatic amines is 1. The molecular formula is C9H8N4O2S. The first-order chi connectivity index (χ1) is 7.66. The van der Waals surface area contributed by atoms with E-state index in [9.17, 15) is 10.1 Å². The number of nitrogen functional groups attached to an aromatic ring is 1. The highest BCUT2D eigenvalue weighted by molar-refractivity contribution is 7.99. The van der Waals surface area contributed by atoms with Gasteiger partial charge in [-0.2, -0.15) is 0 Å². The summed E-state index contributed by atoms with van der Waals surface area (Å²) in [5, 5.41) is 11.3. The zero-order valence-corrected chi connectivity index (χ0v) is 8.90. The van der Waals surface area contributed by atoms with Crippen LogP contribution in [0.5, 0.6) is 0 Å². The van der Waals surface area contributed by atoms with Crippen molar-refractivity contribution < 1.29 is 4.92 Å². The summed E-state index contributed by atoms with van der Waals surface area (Å²) >= 11 is 1.36. The molecule has 0 bridgehead atoms. The molecule has 0 atom stereocenters. The van der Waals surface area contributed by atoms with Gasteiger partial charge in [0.25, 0.3) is 5.69 Å². The van der Waals surface area contributed by atoms with E-state index in [1.165, 1.54) is 17.8 Å². The van der Waals surface area contributed by atoms with Crippen LogP contribution < -0.4 is 5.73 Å². The molecular weight excluding hydrogens is 228 g/mol. The number of nitrogens with two attached hydrogens (primary N) is 1. The maximum atomic E-state index is 10.6. The number of aromatic nitrogens is 2. The van der Waals surface area contributed by atoms with E-state index in [0.717, 1.165) is 4.90 Å². The molecule has 0 unspecified atom stereocenters. The third-order valence-electron chi connectivity index (χ3n) is 1.88. The number of nitrogens with zero attached hydrogens (tertiary/aromatic N) is 2. The summed E-state index contributed by atoms with van der Waals surface area (Å²) < 4.78 is 0. The summed E-state index contributed by atoms with van der Waals surface area (Å²) in [6.45, 7) is 0. The maximum Gasteiger partial charge on any atom is 0.292 e. The Bertz CT molecular complexity index is 512. The second-order valence-electron chi connectivity index (χ2n) is 2.97. The summed E-state index contributed by atoms with van der Waals surface area (Å²) in [7, 11) is 0. The smallest absolute Gasteiger partial charge is 0.292 e. The van der Waals surface area contributed by atoms with E-state index in [4.69, 9.17) is 5.73 Å². The zero-order valence-electron chi connectivity index (χ0n) is 8.08. The Morgan fingerprint density at radius 1 is 1.50 bits per heavy atom. The number of nitrogens with one attached hydrogen (secondary N) is 1. The van der Waals surface area contributed by atoms with Crippen molar-refractivity contribution in [2.24, 2.45) is 0 Å². The van der Waals surface area contributed by atoms with E-state index >= 15 is 0 Å². The van der Waals surface area contributed by atoms with Gasteiger partial charge in [0.05, 0.1) is 4.92 Å². The number of anilines is 1. The largest absolute Gasteiger partial charge is 0.393 e. The van der Waals surface area contributed by atoms with Crippen LogP contribution in [0.15, 0.2) is 40.6 Å². The van der Waals surface area contributed by atoms with E-state index in [1.807, 2.05) is 0 Å². The van der Waals surface area contributed by atoms with Crippen molar-refractivity contribution in [3.8, 4) is 0 Å². The number of H-pyrrole nitrogens is 1. The number of nitro benzene ring substituents is 1. The lowest BCUT2D eigenvalue weighted by molar-refractivity contribution is -0.383. The number of imidazole rings is 1. The lowest BCUT2D eigenvalue weighted by atomic mass is 10.3. The Labute approximate surface area is 95.0 Å². The Morgan fingerprint density at radius 2 is 2.31 bits per heavy atom. The molecule has 1 heterocycles. The van der Waals surface area contributed by atoms with Crippen LogP contribution in [0.1, 0.15) is 0 Å². The molecule has 3 N–H and O–H groups in total. The van der Waals surface area contributed by atoms with Crippen LogP contribution >= 0.6 is 11.8 Å². The van der Waals surface area contributed by atoms with Crippen LogP contribution in [0.2, 0.25) is 0 Å². The van der Waals surface area contributed by atoms with Crippen molar-refractivity contribution in [3.63, 3.8) is 0 Å². The van der Waals surface area contributed by atoms with Gasteiger partial charge in [0, 0.05) is 23.4 Å². The summed E-state index contributed by atoms with van der Waals surface area (Å²) in [6.07, 6.45) is 3.34. The Balaban J connectivity index is 2.24. The monoisotopic (exact) mass is 236 g/mol. The van der Waals surface area contributed by atoms with Gasteiger partial charge in [-0.3, -0.25) is 10.1 Å². The van der Waals surface area contributed by atoms with Gasteiger partial charge in [0.2, 0.25) is 0 Å². The van der Waals surface area contributed by atoms with Gasteiger partial charge in [-0.05, 0) is 12.1 Å². The van der Waals surface area contributed by atoms with E-state index in [0.29, 0.717) is 5.16 Å². The van der Waals surface area contributed by atoms with Crippen molar-refractivity contribution in [3.05, 3.63) is 40.7 Å². The fraction of sp³-hybridized carbons (Fsp3) is 0. The van der Waals surface area contributed by atoms with Gasteiger partial charge in [0.1, 0.15) is 5.69 Å². The molecule has 6 nitrogen and oxygen atoms in total. The van der Waals surface area contributed by atoms with E-state index < -0.39 is 4.92 Å². The molecule has 0 aliphatic rings. The first-order valence-electron chi connectivity index (χ1n) is 4.38. The SMILES string of the molecule is Nc1cc(Sc2ncc[nH]2)ccc1[N+](=O)[O-]. The van der Waals surface area contributed by atoms with Crippen molar-refractivity contribution in [1.29, 1.82) is 0 Å². The molecule has 2 rings (SSSR count). The second kappa shape index (κ2) is 4.23. The van der Waals surface area contributed by atoms with Crippen LogP contribution in [0.25, 0.3) is 0 Å².